The predicted molar refractivity (Wildman–Crippen MR) is 109 cm³/mol. The SMILES string of the molecule is O=[N+]([O-])c1cccc(C2=NN=C/C2=C\c2sc(=S)n(Cc3ccco3)c2O)c1. The van der Waals surface area contributed by atoms with Crippen molar-refractivity contribution < 1.29 is 14.4 Å². The molecule has 0 unspecified atom stereocenters. The van der Waals surface area contributed by atoms with Crippen molar-refractivity contribution in [3.63, 3.8) is 0 Å². The van der Waals surface area contributed by atoms with Crippen molar-refractivity contribution in [1.29, 1.82) is 0 Å². The minimum atomic E-state index is -0.463. The van der Waals surface area contributed by atoms with Crippen LogP contribution in [0, 0.1) is 14.1 Å². The molecule has 8 nitrogen and oxygen atoms in total. The van der Waals surface area contributed by atoms with E-state index in [0.29, 0.717) is 38.0 Å². The number of aromatic nitrogens is 1. The summed E-state index contributed by atoms with van der Waals surface area (Å²) in [6.07, 6.45) is 4.80. The molecule has 28 heavy (non-hydrogen) atoms. The van der Waals surface area contributed by atoms with Crippen molar-refractivity contribution in [2.24, 2.45) is 10.2 Å². The summed E-state index contributed by atoms with van der Waals surface area (Å²) in [4.78, 5) is 11.1. The van der Waals surface area contributed by atoms with Crippen molar-refractivity contribution in [2.45, 2.75) is 6.54 Å². The van der Waals surface area contributed by atoms with Gasteiger partial charge in [0.1, 0.15) is 11.5 Å². The maximum Gasteiger partial charge on any atom is 0.270 e. The van der Waals surface area contributed by atoms with Crippen LogP contribution in [0.15, 0.2) is 62.9 Å². The summed E-state index contributed by atoms with van der Waals surface area (Å²) in [5.41, 5.74) is 1.64. The first-order valence-electron chi connectivity index (χ1n) is 8.06. The summed E-state index contributed by atoms with van der Waals surface area (Å²) in [7, 11) is 0. The molecule has 0 aliphatic carbocycles. The molecule has 0 saturated heterocycles. The Morgan fingerprint density at radius 2 is 2.21 bits per heavy atom. The summed E-state index contributed by atoms with van der Waals surface area (Å²) in [5.74, 6) is 0.683. The van der Waals surface area contributed by atoms with E-state index in [1.807, 2.05) is 0 Å². The number of nitro benzene ring substituents is 1. The van der Waals surface area contributed by atoms with E-state index in [2.05, 4.69) is 10.2 Å². The average Bonchev–Trinajstić information content (AvgIpc) is 3.41. The molecule has 0 saturated carbocycles. The molecule has 0 bridgehead atoms. The Kier molecular flexibility index (Phi) is 4.72. The highest BCUT2D eigenvalue weighted by Gasteiger charge is 2.19. The van der Waals surface area contributed by atoms with Gasteiger partial charge >= 0.3 is 0 Å². The molecule has 1 aliphatic rings. The van der Waals surface area contributed by atoms with E-state index < -0.39 is 4.92 Å². The van der Waals surface area contributed by atoms with Crippen molar-refractivity contribution in [2.75, 3.05) is 0 Å². The van der Waals surface area contributed by atoms with Crippen molar-refractivity contribution >= 4 is 47.2 Å². The summed E-state index contributed by atoms with van der Waals surface area (Å²) in [5, 5.41) is 29.6. The van der Waals surface area contributed by atoms with E-state index in [0.717, 1.165) is 0 Å². The summed E-state index contributed by atoms with van der Waals surface area (Å²) in [6, 6.07) is 9.72. The molecule has 3 heterocycles. The quantitative estimate of drug-likeness (QED) is 0.380. The Balaban J connectivity index is 1.68. The molecule has 140 valence electrons. The van der Waals surface area contributed by atoms with Gasteiger partial charge in [0.2, 0.25) is 5.88 Å². The summed E-state index contributed by atoms with van der Waals surface area (Å²) in [6.45, 7) is 0.317. The molecule has 0 atom stereocenters. The lowest BCUT2D eigenvalue weighted by atomic mass is 10.0. The molecular formula is C18H12N4O4S2. The van der Waals surface area contributed by atoms with Gasteiger partial charge in [-0.05, 0) is 30.4 Å². The maximum atomic E-state index is 11.0. The number of hydrogen-bond acceptors (Lipinski definition) is 8. The molecule has 0 fully saturated rings. The monoisotopic (exact) mass is 412 g/mol. The second-order valence-electron chi connectivity index (χ2n) is 5.82. The van der Waals surface area contributed by atoms with Crippen LogP contribution in [0.3, 0.4) is 0 Å². The van der Waals surface area contributed by atoms with Crippen molar-refractivity contribution in [1.82, 2.24) is 4.57 Å². The van der Waals surface area contributed by atoms with Gasteiger partial charge in [0.15, 0.2) is 3.95 Å². The fourth-order valence-corrected chi connectivity index (χ4v) is 3.97. The highest BCUT2D eigenvalue weighted by atomic mass is 32.1. The van der Waals surface area contributed by atoms with E-state index in [-0.39, 0.29) is 11.6 Å². The summed E-state index contributed by atoms with van der Waals surface area (Å²) < 4.78 is 7.37. The van der Waals surface area contributed by atoms with Crippen LogP contribution in [0.4, 0.5) is 5.69 Å². The fourth-order valence-electron chi connectivity index (χ4n) is 2.71. The Bertz CT molecular complexity index is 1200. The second-order valence-corrected chi connectivity index (χ2v) is 7.50. The molecular weight excluding hydrogens is 400 g/mol. The number of thiazole rings is 1. The van der Waals surface area contributed by atoms with Crippen LogP contribution in [0.5, 0.6) is 5.88 Å². The van der Waals surface area contributed by atoms with E-state index in [4.69, 9.17) is 16.6 Å². The third kappa shape index (κ3) is 3.42. The van der Waals surface area contributed by atoms with E-state index >= 15 is 0 Å². The zero-order valence-corrected chi connectivity index (χ0v) is 15.8. The third-order valence-corrected chi connectivity index (χ3v) is 5.42. The second kappa shape index (κ2) is 7.33. The van der Waals surface area contributed by atoms with Crippen LogP contribution >= 0.6 is 23.6 Å². The lowest BCUT2D eigenvalue weighted by Crippen LogP contribution is -2.03. The van der Waals surface area contributed by atoms with Gasteiger partial charge in [0, 0.05) is 23.3 Å². The normalized spacial score (nSPS) is 14.6. The van der Waals surface area contributed by atoms with Crippen molar-refractivity contribution in [3.05, 3.63) is 78.5 Å². The first-order chi connectivity index (χ1) is 13.5. The van der Waals surface area contributed by atoms with E-state index in [9.17, 15) is 15.2 Å². The van der Waals surface area contributed by atoms with Crippen LogP contribution < -0.4 is 0 Å². The number of non-ortho nitro benzene ring substituents is 1. The number of hydrogen-bond donors (Lipinski definition) is 1. The lowest BCUT2D eigenvalue weighted by molar-refractivity contribution is -0.384. The minimum absolute atomic E-state index is 0.0117. The van der Waals surface area contributed by atoms with Crippen LogP contribution in [0.25, 0.3) is 6.08 Å². The predicted octanol–water partition coefficient (Wildman–Crippen LogP) is 4.41. The standard InChI is InChI=1S/C18H12N4O4S2/c23-17-15(28-18(27)21(17)10-14-5-2-6-26-14)8-12-9-19-20-16(12)11-3-1-4-13(7-11)22(24)25/h1-9,23H,10H2/b12-8+. The molecule has 3 aromatic rings. The zero-order chi connectivity index (χ0) is 19.7. The molecule has 1 aromatic carbocycles. The Morgan fingerprint density at radius 1 is 1.36 bits per heavy atom. The third-order valence-electron chi connectivity index (χ3n) is 4.03. The topological polar surface area (TPSA) is 106 Å². The first-order valence-corrected chi connectivity index (χ1v) is 9.28. The Labute approximate surface area is 167 Å². The highest BCUT2D eigenvalue weighted by molar-refractivity contribution is 7.73. The number of rotatable bonds is 5. The smallest absolute Gasteiger partial charge is 0.270 e. The molecule has 2 aromatic heterocycles. The first kappa shape index (κ1) is 18.0. The summed E-state index contributed by atoms with van der Waals surface area (Å²) >= 11 is 6.59. The average molecular weight is 412 g/mol. The van der Waals surface area contributed by atoms with Gasteiger partial charge in [0.25, 0.3) is 5.69 Å². The van der Waals surface area contributed by atoms with Gasteiger partial charge in [-0.1, -0.05) is 12.1 Å². The zero-order valence-electron chi connectivity index (χ0n) is 14.2. The maximum absolute atomic E-state index is 11.0. The number of nitrogens with zero attached hydrogens (tertiary/aromatic N) is 4. The fraction of sp³-hybridized carbons (Fsp3) is 0.0556. The Morgan fingerprint density at radius 3 is 2.96 bits per heavy atom. The van der Waals surface area contributed by atoms with Gasteiger partial charge in [0.05, 0.1) is 28.8 Å². The molecule has 0 radical (unpaired) electrons. The highest BCUT2D eigenvalue weighted by Crippen LogP contribution is 2.30. The molecule has 0 amide bonds. The van der Waals surface area contributed by atoms with Gasteiger partial charge in [-0.25, -0.2) is 0 Å². The Hall–Kier alpha value is -3.37. The molecule has 4 rings (SSSR count). The molecule has 10 heteroatoms. The largest absolute Gasteiger partial charge is 0.493 e. The number of allylic oxidation sites excluding steroid dienone is 1. The van der Waals surface area contributed by atoms with Crippen molar-refractivity contribution in [3.8, 4) is 5.88 Å². The van der Waals surface area contributed by atoms with E-state index in [1.54, 1.807) is 41.2 Å². The molecule has 1 N–H and O–H groups in total. The molecule has 0 spiro atoms. The number of furan rings is 1. The van der Waals surface area contributed by atoms with E-state index in [1.165, 1.54) is 29.7 Å². The van der Waals surface area contributed by atoms with Gasteiger partial charge in [-0.15, -0.1) is 16.4 Å². The lowest BCUT2D eigenvalue weighted by Gasteiger charge is -2.03. The van der Waals surface area contributed by atoms with Crippen LogP contribution in [0.2, 0.25) is 0 Å². The van der Waals surface area contributed by atoms with Gasteiger partial charge < -0.3 is 9.52 Å². The number of aromatic hydroxyl groups is 1. The van der Waals surface area contributed by atoms with Crippen LogP contribution in [0.1, 0.15) is 16.2 Å². The number of benzene rings is 1. The number of nitro groups is 1. The molecule has 1 aliphatic heterocycles. The van der Waals surface area contributed by atoms with Crippen LogP contribution in [-0.4, -0.2) is 26.5 Å². The minimum Gasteiger partial charge on any atom is -0.493 e. The van der Waals surface area contributed by atoms with Crippen LogP contribution in [-0.2, 0) is 6.54 Å². The van der Waals surface area contributed by atoms with Gasteiger partial charge in [-0.3, -0.25) is 14.7 Å². The van der Waals surface area contributed by atoms with Gasteiger partial charge in [-0.2, -0.15) is 5.10 Å².